The van der Waals surface area contributed by atoms with Crippen molar-refractivity contribution in [2.24, 2.45) is 0 Å². The highest BCUT2D eigenvalue weighted by molar-refractivity contribution is 7.13. The lowest BCUT2D eigenvalue weighted by Crippen LogP contribution is -2.34. The molecule has 8 heteroatoms. The summed E-state index contributed by atoms with van der Waals surface area (Å²) in [4.78, 5) is 6.49. The Balaban J connectivity index is 1.49. The van der Waals surface area contributed by atoms with E-state index in [0.29, 0.717) is 23.5 Å². The largest absolute Gasteiger partial charge is 0.508 e. The quantitative estimate of drug-likeness (QED) is 0.435. The molecule has 0 aliphatic carbocycles. The van der Waals surface area contributed by atoms with E-state index in [0.717, 1.165) is 34.0 Å². The van der Waals surface area contributed by atoms with Crippen molar-refractivity contribution in [1.82, 2.24) is 9.55 Å². The van der Waals surface area contributed by atoms with Crippen LogP contribution in [0.2, 0.25) is 5.15 Å². The number of nitrogens with one attached hydrogen (secondary N) is 1. The van der Waals surface area contributed by atoms with Gasteiger partial charge in [-0.15, -0.1) is 11.3 Å². The topological polar surface area (TPSA) is 79.3 Å². The van der Waals surface area contributed by atoms with Gasteiger partial charge in [0.15, 0.2) is 5.13 Å². The molecule has 0 bridgehead atoms. The molecule has 3 heterocycles. The van der Waals surface area contributed by atoms with Gasteiger partial charge in [-0.1, -0.05) is 29.8 Å². The van der Waals surface area contributed by atoms with E-state index < -0.39 is 0 Å². The third kappa shape index (κ3) is 3.28. The fraction of sp³-hybridized carbons (Fsp3) is 0.0952. The molecule has 2 aromatic carbocycles. The lowest BCUT2D eigenvalue weighted by Gasteiger charge is -2.31. The minimum absolute atomic E-state index is 0.250. The Morgan fingerprint density at radius 3 is 2.66 bits per heavy atom. The molecule has 146 valence electrons. The monoisotopic (exact) mass is 423 g/mol. The minimum Gasteiger partial charge on any atom is -0.508 e. The molecule has 0 spiro atoms. The molecule has 4 aromatic rings. The summed E-state index contributed by atoms with van der Waals surface area (Å²) in [6.07, 6.45) is 0. The van der Waals surface area contributed by atoms with E-state index in [9.17, 15) is 5.11 Å². The fourth-order valence-corrected chi connectivity index (χ4v) is 4.48. The van der Waals surface area contributed by atoms with Crippen molar-refractivity contribution in [3.05, 3.63) is 70.8 Å². The fourth-order valence-electron chi connectivity index (χ4n) is 3.60. The first-order valence-corrected chi connectivity index (χ1v) is 10.3. The zero-order valence-corrected chi connectivity index (χ0v) is 16.9. The predicted octanol–water partition coefficient (Wildman–Crippen LogP) is 4.93. The summed E-state index contributed by atoms with van der Waals surface area (Å²) in [5.74, 6) is 0.250. The Morgan fingerprint density at radius 2 is 1.93 bits per heavy atom. The summed E-state index contributed by atoms with van der Waals surface area (Å²) in [6, 6.07) is 17.3. The van der Waals surface area contributed by atoms with Gasteiger partial charge in [-0.05, 0) is 30.3 Å². The van der Waals surface area contributed by atoms with Gasteiger partial charge in [0.1, 0.15) is 10.9 Å². The van der Waals surface area contributed by atoms with Crippen LogP contribution in [0.3, 0.4) is 0 Å². The maximum Gasteiger partial charge on any atom is 0.180 e. The summed E-state index contributed by atoms with van der Waals surface area (Å²) in [7, 11) is 0. The van der Waals surface area contributed by atoms with Crippen LogP contribution in [0.15, 0.2) is 60.0 Å². The average molecular weight is 424 g/mol. The van der Waals surface area contributed by atoms with Gasteiger partial charge in [0.05, 0.1) is 30.3 Å². The molecular weight excluding hydrogens is 406 g/mol. The zero-order chi connectivity index (χ0) is 20.0. The van der Waals surface area contributed by atoms with Gasteiger partial charge in [0, 0.05) is 28.4 Å². The highest BCUT2D eigenvalue weighted by atomic mass is 35.5. The molecule has 0 saturated heterocycles. The maximum absolute atomic E-state index is 9.81. The van der Waals surface area contributed by atoms with E-state index in [1.54, 1.807) is 12.1 Å². The third-order valence-corrected chi connectivity index (χ3v) is 5.95. The molecule has 1 aliphatic rings. The Kier molecular flexibility index (Phi) is 4.34. The summed E-state index contributed by atoms with van der Waals surface area (Å²) >= 11 is 8.02. The number of aromatic hydroxyl groups is 1. The third-order valence-electron chi connectivity index (χ3n) is 5.00. The van der Waals surface area contributed by atoms with Crippen LogP contribution in [0.5, 0.6) is 5.75 Å². The maximum atomic E-state index is 9.81. The summed E-state index contributed by atoms with van der Waals surface area (Å²) in [5.41, 5.74) is 11.6. The number of anilines is 3. The summed E-state index contributed by atoms with van der Waals surface area (Å²) in [5, 5.41) is 16.4. The molecule has 4 N–H and O–H groups in total. The Labute approximate surface area is 176 Å². The number of fused-ring (bicyclic) bond motifs is 1. The number of nitrogen functional groups attached to an aromatic ring is 1. The van der Waals surface area contributed by atoms with Crippen LogP contribution in [0, 0.1) is 0 Å². The second-order valence-corrected chi connectivity index (χ2v) is 8.11. The lowest BCUT2D eigenvalue weighted by molar-refractivity contribution is 0.475. The van der Waals surface area contributed by atoms with Gasteiger partial charge in [-0.25, -0.2) is 4.98 Å². The van der Waals surface area contributed by atoms with E-state index in [4.69, 9.17) is 17.3 Å². The van der Waals surface area contributed by atoms with Crippen LogP contribution in [0.1, 0.15) is 5.69 Å². The van der Waals surface area contributed by atoms with Gasteiger partial charge in [0.2, 0.25) is 0 Å². The Bertz CT molecular complexity index is 1180. The van der Waals surface area contributed by atoms with Crippen LogP contribution in [-0.4, -0.2) is 21.3 Å². The molecule has 0 saturated carbocycles. The van der Waals surface area contributed by atoms with Crippen molar-refractivity contribution >= 4 is 39.4 Å². The highest BCUT2D eigenvalue weighted by Gasteiger charge is 2.23. The number of phenolic OH excluding ortho intramolecular Hbond substituents is 1. The van der Waals surface area contributed by atoms with Gasteiger partial charge in [-0.2, -0.15) is 0 Å². The number of thiazole rings is 1. The molecule has 0 atom stereocenters. The normalized spacial score (nSPS) is 13.2. The van der Waals surface area contributed by atoms with Gasteiger partial charge >= 0.3 is 0 Å². The number of nitrogens with two attached hydrogens (primary N) is 1. The summed E-state index contributed by atoms with van der Waals surface area (Å²) < 4.78 is 2.04. The lowest BCUT2D eigenvalue weighted by atomic mass is 10.1. The predicted molar refractivity (Wildman–Crippen MR) is 119 cm³/mol. The van der Waals surface area contributed by atoms with Crippen molar-refractivity contribution in [3.63, 3.8) is 0 Å². The number of benzene rings is 2. The number of aromatic nitrogens is 2. The molecule has 2 aromatic heterocycles. The van der Waals surface area contributed by atoms with E-state index in [-0.39, 0.29) is 5.75 Å². The first kappa shape index (κ1) is 17.9. The van der Waals surface area contributed by atoms with Crippen molar-refractivity contribution in [3.8, 4) is 22.7 Å². The number of nitrogens with zero attached hydrogens (tertiary/aromatic N) is 3. The smallest absolute Gasteiger partial charge is 0.180 e. The van der Waals surface area contributed by atoms with Crippen molar-refractivity contribution < 1.29 is 5.11 Å². The SMILES string of the molecule is Nc1nc(-c2ccc(-n3c(Cl)cc4c3CN(c3cccc(O)c3)CN4)cc2)cs1. The van der Waals surface area contributed by atoms with Crippen LogP contribution in [0.25, 0.3) is 16.9 Å². The van der Waals surface area contributed by atoms with Crippen LogP contribution in [0.4, 0.5) is 16.5 Å². The minimum atomic E-state index is 0.250. The average Bonchev–Trinajstić information content (AvgIpc) is 3.30. The molecular formula is C21H18ClN5OS. The molecule has 5 rings (SSSR count). The Morgan fingerprint density at radius 1 is 1.10 bits per heavy atom. The van der Waals surface area contributed by atoms with Crippen LogP contribution in [-0.2, 0) is 6.54 Å². The van der Waals surface area contributed by atoms with Crippen molar-refractivity contribution in [2.75, 3.05) is 22.6 Å². The standard InChI is InChI=1S/C21H18ClN5OS/c22-20-9-17-19(10-26(12-24-17)15-2-1-3-16(28)8-15)27(20)14-6-4-13(5-7-14)18-11-29-21(23)25-18/h1-9,11,24,28H,10,12H2,(H2,23,25). The Hall–Kier alpha value is -3.16. The van der Waals surface area contributed by atoms with E-state index in [2.05, 4.69) is 15.2 Å². The van der Waals surface area contributed by atoms with Crippen molar-refractivity contribution in [1.29, 1.82) is 0 Å². The first-order chi connectivity index (χ1) is 14.1. The van der Waals surface area contributed by atoms with Gasteiger partial charge < -0.3 is 25.6 Å². The second kappa shape index (κ2) is 7.02. The first-order valence-electron chi connectivity index (χ1n) is 9.08. The highest BCUT2D eigenvalue weighted by Crippen LogP contribution is 2.35. The van der Waals surface area contributed by atoms with Crippen molar-refractivity contribution in [2.45, 2.75) is 6.54 Å². The number of halogens is 1. The van der Waals surface area contributed by atoms with E-state index in [1.807, 2.05) is 52.4 Å². The molecule has 0 amide bonds. The molecule has 1 aliphatic heterocycles. The van der Waals surface area contributed by atoms with Crippen LogP contribution >= 0.6 is 22.9 Å². The molecule has 0 fully saturated rings. The number of rotatable bonds is 3. The molecule has 0 unspecified atom stereocenters. The number of hydrogen-bond donors (Lipinski definition) is 3. The van der Waals surface area contributed by atoms with Gasteiger partial charge in [-0.3, -0.25) is 0 Å². The van der Waals surface area contributed by atoms with Gasteiger partial charge in [0.25, 0.3) is 0 Å². The second-order valence-electron chi connectivity index (χ2n) is 6.83. The summed E-state index contributed by atoms with van der Waals surface area (Å²) in [6.45, 7) is 1.31. The molecule has 0 radical (unpaired) electrons. The van der Waals surface area contributed by atoms with E-state index in [1.165, 1.54) is 11.3 Å². The number of hydrogen-bond acceptors (Lipinski definition) is 6. The van der Waals surface area contributed by atoms with Crippen LogP contribution < -0.4 is 16.0 Å². The molecule has 6 nitrogen and oxygen atoms in total. The molecule has 29 heavy (non-hydrogen) atoms. The number of phenols is 1. The van der Waals surface area contributed by atoms with E-state index >= 15 is 0 Å². The zero-order valence-electron chi connectivity index (χ0n) is 15.3.